The molecule has 0 saturated heterocycles. The van der Waals surface area contributed by atoms with Gasteiger partial charge >= 0.3 is 12.1 Å². The van der Waals surface area contributed by atoms with Crippen LogP contribution >= 0.6 is 0 Å². The van der Waals surface area contributed by atoms with Crippen molar-refractivity contribution >= 4 is 18.0 Å². The molecule has 1 aliphatic rings. The summed E-state index contributed by atoms with van der Waals surface area (Å²) >= 11 is 0. The van der Waals surface area contributed by atoms with Crippen LogP contribution in [0.3, 0.4) is 0 Å². The third-order valence-corrected chi connectivity index (χ3v) is 5.63. The van der Waals surface area contributed by atoms with Crippen LogP contribution in [0.5, 0.6) is 0 Å². The fourth-order valence-electron chi connectivity index (χ4n) is 3.85. The number of aliphatic carboxylic acids is 1. The van der Waals surface area contributed by atoms with E-state index in [1.807, 2.05) is 36.4 Å². The molecule has 0 radical (unpaired) electrons. The summed E-state index contributed by atoms with van der Waals surface area (Å²) in [5.74, 6) is -2.20. The van der Waals surface area contributed by atoms with Gasteiger partial charge in [0.15, 0.2) is 0 Å². The molecule has 2 amide bonds. The molecule has 1 aliphatic carbocycles. The molecule has 8 heteroatoms. The van der Waals surface area contributed by atoms with Crippen LogP contribution in [0.4, 0.5) is 4.79 Å². The molecular formula is C24H28N2O6. The number of alkyl carbamates (subject to hydrolysis) is 1. The number of hydrogen-bond donors (Lipinski definition) is 4. The Morgan fingerprint density at radius 1 is 0.969 bits per heavy atom. The zero-order valence-electron chi connectivity index (χ0n) is 17.9. The van der Waals surface area contributed by atoms with E-state index in [9.17, 15) is 19.5 Å². The highest BCUT2D eigenvalue weighted by Crippen LogP contribution is 2.44. The minimum atomic E-state index is -1.11. The zero-order chi connectivity index (χ0) is 23.1. The van der Waals surface area contributed by atoms with E-state index in [4.69, 9.17) is 9.84 Å². The SMILES string of the molecule is CCC(CNC(=O)CC(O)CNC(=O)OCC1c2ccccc2-c2ccccc21)C(=O)O. The molecule has 8 nitrogen and oxygen atoms in total. The number of benzene rings is 2. The van der Waals surface area contributed by atoms with Crippen LogP contribution in [0.15, 0.2) is 48.5 Å². The average molecular weight is 440 g/mol. The van der Waals surface area contributed by atoms with Crippen molar-refractivity contribution in [3.8, 4) is 11.1 Å². The molecule has 0 bridgehead atoms. The number of ether oxygens (including phenoxy) is 1. The number of carbonyl (C=O) groups excluding carboxylic acids is 2. The van der Waals surface area contributed by atoms with Gasteiger partial charge in [-0.2, -0.15) is 0 Å². The number of amides is 2. The molecule has 0 fully saturated rings. The van der Waals surface area contributed by atoms with Crippen molar-refractivity contribution in [3.63, 3.8) is 0 Å². The Bertz CT molecular complexity index is 931. The quantitative estimate of drug-likeness (QED) is 0.450. The van der Waals surface area contributed by atoms with E-state index in [1.54, 1.807) is 6.92 Å². The standard InChI is InChI=1S/C24H28N2O6/c1-2-15(23(29)30)12-25-22(28)11-16(27)13-26-24(31)32-14-21-19-9-5-3-7-17(19)18-8-4-6-10-20(18)21/h3-10,15-16,21,27H,2,11-14H2,1H3,(H,25,28)(H,26,31)(H,29,30). The van der Waals surface area contributed by atoms with Gasteiger partial charge in [0, 0.05) is 19.0 Å². The molecule has 0 spiro atoms. The molecule has 170 valence electrons. The lowest BCUT2D eigenvalue weighted by molar-refractivity contribution is -0.141. The van der Waals surface area contributed by atoms with Crippen LogP contribution in [0.1, 0.15) is 36.8 Å². The Balaban J connectivity index is 1.44. The number of aliphatic hydroxyl groups is 1. The second-order valence-electron chi connectivity index (χ2n) is 7.81. The van der Waals surface area contributed by atoms with Gasteiger partial charge in [0.1, 0.15) is 6.61 Å². The number of rotatable bonds is 10. The lowest BCUT2D eigenvalue weighted by Crippen LogP contribution is -2.38. The zero-order valence-corrected chi connectivity index (χ0v) is 17.9. The first-order chi connectivity index (χ1) is 15.4. The van der Waals surface area contributed by atoms with Crippen LogP contribution in [0.2, 0.25) is 0 Å². The first kappa shape index (κ1) is 23.3. The number of aliphatic hydroxyl groups excluding tert-OH is 1. The van der Waals surface area contributed by atoms with Gasteiger partial charge in [-0.25, -0.2) is 4.79 Å². The summed E-state index contributed by atoms with van der Waals surface area (Å²) in [6.45, 7) is 1.72. The van der Waals surface area contributed by atoms with Crippen molar-refractivity contribution < 1.29 is 29.3 Å². The predicted molar refractivity (Wildman–Crippen MR) is 118 cm³/mol. The van der Waals surface area contributed by atoms with Crippen LogP contribution in [0.25, 0.3) is 11.1 Å². The van der Waals surface area contributed by atoms with E-state index in [0.29, 0.717) is 6.42 Å². The molecule has 0 saturated carbocycles. The fourth-order valence-corrected chi connectivity index (χ4v) is 3.85. The molecule has 3 rings (SSSR count). The average Bonchev–Trinajstić information content (AvgIpc) is 3.10. The third kappa shape index (κ3) is 5.64. The van der Waals surface area contributed by atoms with Gasteiger partial charge < -0.3 is 25.6 Å². The van der Waals surface area contributed by atoms with Crippen molar-refractivity contribution in [3.05, 3.63) is 59.7 Å². The van der Waals surface area contributed by atoms with Gasteiger partial charge in [-0.3, -0.25) is 9.59 Å². The molecule has 0 heterocycles. The predicted octanol–water partition coefficient (Wildman–Crippen LogP) is 2.50. The van der Waals surface area contributed by atoms with E-state index >= 15 is 0 Å². The molecule has 32 heavy (non-hydrogen) atoms. The van der Waals surface area contributed by atoms with Gasteiger partial charge in [-0.05, 0) is 28.7 Å². The van der Waals surface area contributed by atoms with Crippen LogP contribution in [-0.2, 0) is 14.3 Å². The molecule has 2 aromatic carbocycles. The van der Waals surface area contributed by atoms with Crippen molar-refractivity contribution in [2.45, 2.75) is 31.8 Å². The second-order valence-corrected chi connectivity index (χ2v) is 7.81. The summed E-state index contributed by atoms with van der Waals surface area (Å²) in [7, 11) is 0. The Morgan fingerprint density at radius 3 is 2.12 bits per heavy atom. The normalized spacial score (nSPS) is 14.1. The van der Waals surface area contributed by atoms with Crippen LogP contribution < -0.4 is 10.6 Å². The number of hydrogen-bond acceptors (Lipinski definition) is 5. The lowest BCUT2D eigenvalue weighted by Gasteiger charge is -2.16. The molecule has 4 N–H and O–H groups in total. The molecule has 2 atom stereocenters. The molecule has 2 aromatic rings. The second kappa shape index (κ2) is 10.8. The first-order valence-corrected chi connectivity index (χ1v) is 10.7. The van der Waals surface area contributed by atoms with E-state index in [-0.39, 0.29) is 32.0 Å². The number of carboxylic acid groups (broad SMARTS) is 1. The molecule has 2 unspecified atom stereocenters. The molecule has 0 aliphatic heterocycles. The Kier molecular flexibility index (Phi) is 7.83. The van der Waals surface area contributed by atoms with Gasteiger partial charge in [0.2, 0.25) is 5.91 Å². The minimum absolute atomic E-state index is 0.00278. The molecule has 0 aromatic heterocycles. The van der Waals surface area contributed by atoms with Gasteiger partial charge in [0.05, 0.1) is 18.4 Å². The summed E-state index contributed by atoms with van der Waals surface area (Å²) in [5, 5.41) is 23.9. The van der Waals surface area contributed by atoms with Crippen molar-refractivity contribution in [2.75, 3.05) is 19.7 Å². The topological polar surface area (TPSA) is 125 Å². The Morgan fingerprint density at radius 2 is 1.56 bits per heavy atom. The monoisotopic (exact) mass is 440 g/mol. The van der Waals surface area contributed by atoms with Crippen LogP contribution in [-0.4, -0.2) is 54.0 Å². The minimum Gasteiger partial charge on any atom is -0.481 e. The van der Waals surface area contributed by atoms with Gasteiger partial charge in [0.25, 0.3) is 0 Å². The first-order valence-electron chi connectivity index (χ1n) is 10.7. The third-order valence-electron chi connectivity index (χ3n) is 5.63. The summed E-state index contributed by atoms with van der Waals surface area (Å²) in [6.07, 6.45) is -1.65. The maximum Gasteiger partial charge on any atom is 0.407 e. The Hall–Kier alpha value is -3.39. The van der Waals surface area contributed by atoms with Crippen LogP contribution in [0, 0.1) is 5.92 Å². The number of carbonyl (C=O) groups is 3. The number of fused-ring (bicyclic) bond motifs is 3. The summed E-state index contributed by atoms with van der Waals surface area (Å²) in [4.78, 5) is 35.0. The van der Waals surface area contributed by atoms with E-state index in [0.717, 1.165) is 22.3 Å². The summed E-state index contributed by atoms with van der Waals surface area (Å²) in [5.41, 5.74) is 4.47. The maximum absolute atomic E-state index is 12.1. The lowest BCUT2D eigenvalue weighted by atomic mass is 9.98. The highest BCUT2D eigenvalue weighted by molar-refractivity contribution is 5.79. The highest BCUT2D eigenvalue weighted by atomic mass is 16.5. The number of nitrogens with one attached hydrogen (secondary N) is 2. The smallest absolute Gasteiger partial charge is 0.407 e. The van der Waals surface area contributed by atoms with Crippen molar-refractivity contribution in [1.29, 1.82) is 0 Å². The fraction of sp³-hybridized carbons (Fsp3) is 0.375. The molecular weight excluding hydrogens is 412 g/mol. The summed E-state index contributed by atoms with van der Waals surface area (Å²) < 4.78 is 5.39. The van der Waals surface area contributed by atoms with Crippen molar-refractivity contribution in [1.82, 2.24) is 10.6 Å². The summed E-state index contributed by atoms with van der Waals surface area (Å²) in [6, 6.07) is 16.0. The maximum atomic E-state index is 12.1. The van der Waals surface area contributed by atoms with E-state index in [2.05, 4.69) is 22.8 Å². The van der Waals surface area contributed by atoms with E-state index < -0.39 is 30.0 Å². The highest BCUT2D eigenvalue weighted by Gasteiger charge is 2.29. The van der Waals surface area contributed by atoms with Crippen molar-refractivity contribution in [2.24, 2.45) is 5.92 Å². The number of carboxylic acids is 1. The largest absolute Gasteiger partial charge is 0.481 e. The van der Waals surface area contributed by atoms with Gasteiger partial charge in [-0.1, -0.05) is 55.5 Å². The van der Waals surface area contributed by atoms with Gasteiger partial charge in [-0.15, -0.1) is 0 Å². The van der Waals surface area contributed by atoms with E-state index in [1.165, 1.54) is 0 Å². The Labute approximate surface area is 186 Å².